The Kier molecular flexibility index (Phi) is 2.45. The molecule has 1 N–H and O–H groups in total. The number of quaternary nitrogens is 1. The van der Waals surface area contributed by atoms with E-state index >= 15 is 0 Å². The zero-order valence-corrected chi connectivity index (χ0v) is 6.82. The molecule has 0 aromatic rings. The van der Waals surface area contributed by atoms with E-state index in [0.717, 1.165) is 0 Å². The molecule has 1 heterocycles. The van der Waals surface area contributed by atoms with E-state index in [1.807, 2.05) is 0 Å². The van der Waals surface area contributed by atoms with Gasteiger partial charge < -0.3 is 5.21 Å². The maximum Gasteiger partial charge on any atom is 0.276 e. The van der Waals surface area contributed by atoms with Gasteiger partial charge in [-0.05, 0) is 17.7 Å². The second-order valence-corrected chi connectivity index (χ2v) is 3.12. The largest absolute Gasteiger partial charge is 0.622 e. The predicted octanol–water partition coefficient (Wildman–Crippen LogP) is -0.972. The van der Waals surface area contributed by atoms with Crippen molar-refractivity contribution in [3.05, 3.63) is 28.6 Å². The molecule has 11 heavy (non-hydrogen) atoms. The van der Waals surface area contributed by atoms with Gasteiger partial charge in [-0.2, -0.15) is 8.42 Å². The quantitative estimate of drug-likeness (QED) is 0.306. The van der Waals surface area contributed by atoms with Crippen LogP contribution in [0.25, 0.3) is 0 Å². The van der Waals surface area contributed by atoms with E-state index in [9.17, 15) is 13.6 Å². The minimum absolute atomic E-state index is 0.0771. The molecule has 1 atom stereocenters. The highest BCUT2D eigenvalue weighted by Crippen LogP contribution is 1.95. The van der Waals surface area contributed by atoms with E-state index in [2.05, 4.69) is 0 Å². The maximum absolute atomic E-state index is 10.9. The van der Waals surface area contributed by atoms with E-state index in [1.165, 1.54) is 18.2 Å². The Morgan fingerprint density at radius 2 is 2.18 bits per heavy atom. The average Bonchev–Trinajstić information content (AvgIpc) is 1.94. The Morgan fingerprint density at radius 1 is 1.55 bits per heavy atom. The van der Waals surface area contributed by atoms with Gasteiger partial charge in [0.05, 0.1) is 0 Å². The van der Waals surface area contributed by atoms with Crippen LogP contribution >= 0.6 is 11.6 Å². The van der Waals surface area contributed by atoms with Crippen LogP contribution in [0.4, 0.5) is 0 Å². The lowest BCUT2D eigenvalue weighted by Crippen LogP contribution is -3.07. The molecule has 1 aliphatic heterocycles. The van der Waals surface area contributed by atoms with Crippen LogP contribution < -0.4 is 5.06 Å². The standard InChI is InChI=1S/C5H4ClNO3S/c6-4-2-1-3-5(7(4)8)11(9)10/h1-3,7H. The second kappa shape index (κ2) is 3.19. The first-order valence-electron chi connectivity index (χ1n) is 2.67. The molecule has 1 rings (SSSR count). The minimum atomic E-state index is -2.50. The molecular formula is C5H4ClNO3S. The number of halogens is 1. The lowest BCUT2D eigenvalue weighted by Gasteiger charge is -2.19. The van der Waals surface area contributed by atoms with Crippen LogP contribution in [-0.4, -0.2) is 13.4 Å². The Morgan fingerprint density at radius 3 is 2.64 bits per heavy atom. The molecular weight excluding hydrogens is 190 g/mol. The number of rotatable bonds is 0. The Labute approximate surface area is 69.5 Å². The van der Waals surface area contributed by atoms with E-state index < -0.39 is 15.4 Å². The lowest BCUT2D eigenvalue weighted by atomic mass is 10.4. The monoisotopic (exact) mass is 193 g/mol. The van der Waals surface area contributed by atoms with Gasteiger partial charge in [0.15, 0.2) is 0 Å². The summed E-state index contributed by atoms with van der Waals surface area (Å²) >= 11 is 5.37. The Balaban J connectivity index is 3.20. The molecule has 4 nitrogen and oxygen atoms in total. The van der Waals surface area contributed by atoms with Gasteiger partial charge in [-0.1, -0.05) is 0 Å². The lowest BCUT2D eigenvalue weighted by molar-refractivity contribution is -0.688. The summed E-state index contributed by atoms with van der Waals surface area (Å²) in [7, 11) is -2.50. The number of hydroxylamine groups is 2. The van der Waals surface area contributed by atoms with E-state index in [0.29, 0.717) is 0 Å². The third-order valence-corrected chi connectivity index (χ3v) is 2.09. The topological polar surface area (TPSA) is 61.6 Å². The first kappa shape index (κ1) is 8.48. The summed E-state index contributed by atoms with van der Waals surface area (Å²) < 4.78 is 20.6. The molecule has 0 spiro atoms. The molecule has 0 fully saturated rings. The smallest absolute Gasteiger partial charge is 0.276 e. The number of allylic oxidation sites excluding steroid dienone is 2. The third-order valence-electron chi connectivity index (χ3n) is 1.11. The molecule has 0 radical (unpaired) electrons. The zero-order chi connectivity index (χ0) is 8.43. The van der Waals surface area contributed by atoms with Gasteiger partial charge >= 0.3 is 0 Å². The highest BCUT2D eigenvalue weighted by molar-refractivity contribution is 7.72. The fourth-order valence-corrected chi connectivity index (χ4v) is 1.30. The van der Waals surface area contributed by atoms with Crippen LogP contribution in [0, 0.1) is 5.21 Å². The van der Waals surface area contributed by atoms with Crippen molar-refractivity contribution in [1.82, 2.24) is 0 Å². The summed E-state index contributed by atoms with van der Waals surface area (Å²) in [5.74, 6) is 0. The molecule has 0 aromatic heterocycles. The van der Waals surface area contributed by atoms with Crippen molar-refractivity contribution < 1.29 is 13.5 Å². The van der Waals surface area contributed by atoms with Gasteiger partial charge in [-0.3, -0.25) is 5.06 Å². The molecule has 0 bridgehead atoms. The second-order valence-electron chi connectivity index (χ2n) is 1.80. The highest BCUT2D eigenvalue weighted by Gasteiger charge is 2.13. The van der Waals surface area contributed by atoms with Gasteiger partial charge in [-0.25, -0.2) is 0 Å². The van der Waals surface area contributed by atoms with Crippen molar-refractivity contribution in [2.24, 2.45) is 0 Å². The van der Waals surface area contributed by atoms with Gasteiger partial charge in [0.25, 0.3) is 15.3 Å². The molecule has 0 aromatic carbocycles. The first-order chi connectivity index (χ1) is 5.13. The highest BCUT2D eigenvalue weighted by atomic mass is 35.5. The summed E-state index contributed by atoms with van der Waals surface area (Å²) in [6, 6.07) is 0. The molecule has 0 saturated carbocycles. The number of hydrogen-bond donors (Lipinski definition) is 1. The predicted molar refractivity (Wildman–Crippen MR) is 41.3 cm³/mol. The fourth-order valence-electron chi connectivity index (χ4n) is 0.620. The van der Waals surface area contributed by atoms with Gasteiger partial charge in [0.1, 0.15) is 0 Å². The van der Waals surface area contributed by atoms with Crippen LogP contribution in [0.15, 0.2) is 23.4 Å². The van der Waals surface area contributed by atoms with Crippen LogP contribution in [0.3, 0.4) is 0 Å². The van der Waals surface area contributed by atoms with Gasteiger partial charge in [0, 0.05) is 12.2 Å². The van der Waals surface area contributed by atoms with E-state index in [-0.39, 0.29) is 10.1 Å². The van der Waals surface area contributed by atoms with Crippen LogP contribution in [0.1, 0.15) is 0 Å². The van der Waals surface area contributed by atoms with Gasteiger partial charge in [0.2, 0.25) is 5.16 Å². The normalized spacial score (nSPS) is 23.3. The summed E-state index contributed by atoms with van der Waals surface area (Å²) in [5.41, 5.74) is 0. The van der Waals surface area contributed by atoms with Crippen LogP contribution in [-0.2, 0) is 10.3 Å². The van der Waals surface area contributed by atoms with Crippen LogP contribution in [0.5, 0.6) is 0 Å². The zero-order valence-electron chi connectivity index (χ0n) is 5.24. The Hall–Kier alpha value is -0.620. The van der Waals surface area contributed by atoms with Crippen molar-refractivity contribution in [3.8, 4) is 0 Å². The van der Waals surface area contributed by atoms with Crippen molar-refractivity contribution in [2.45, 2.75) is 0 Å². The molecule has 0 aliphatic carbocycles. The fraction of sp³-hybridized carbons (Fsp3) is 0. The third kappa shape index (κ3) is 1.69. The minimum Gasteiger partial charge on any atom is -0.622 e. The molecule has 0 saturated heterocycles. The van der Waals surface area contributed by atoms with E-state index in [1.54, 1.807) is 0 Å². The van der Waals surface area contributed by atoms with Crippen molar-refractivity contribution in [2.75, 3.05) is 0 Å². The molecule has 0 amide bonds. The Bertz CT molecular complexity index is 346. The SMILES string of the molecule is O=S(=O)=C1C=CC=C(Cl)[NH+]1[O-]. The molecule has 1 unspecified atom stereocenters. The van der Waals surface area contributed by atoms with Crippen molar-refractivity contribution >= 4 is 26.9 Å². The number of hydrogen-bond acceptors (Lipinski definition) is 3. The number of nitrogens with one attached hydrogen (secondary N) is 1. The summed E-state index contributed by atoms with van der Waals surface area (Å²) in [6.07, 6.45) is 3.96. The van der Waals surface area contributed by atoms with E-state index in [4.69, 9.17) is 11.6 Å². The first-order valence-corrected chi connectivity index (χ1v) is 4.13. The van der Waals surface area contributed by atoms with Crippen molar-refractivity contribution in [1.29, 1.82) is 0 Å². The van der Waals surface area contributed by atoms with Crippen molar-refractivity contribution in [3.63, 3.8) is 0 Å². The van der Waals surface area contributed by atoms with Gasteiger partial charge in [-0.15, -0.1) is 0 Å². The molecule has 1 aliphatic rings. The van der Waals surface area contributed by atoms with Crippen LogP contribution in [0.2, 0.25) is 0 Å². The molecule has 60 valence electrons. The average molecular weight is 194 g/mol. The maximum atomic E-state index is 10.9. The summed E-state index contributed by atoms with van der Waals surface area (Å²) in [6.45, 7) is 0. The molecule has 6 heteroatoms. The summed E-state index contributed by atoms with van der Waals surface area (Å²) in [5, 5.41) is 10.2. The summed E-state index contributed by atoms with van der Waals surface area (Å²) in [4.78, 5) is -0.294.